The number of ether oxygens (including phenoxy) is 1. The summed E-state index contributed by atoms with van der Waals surface area (Å²) >= 11 is 0.658. The Kier molecular flexibility index (Phi) is 6.17. The van der Waals surface area contributed by atoms with Crippen molar-refractivity contribution in [2.24, 2.45) is 0 Å². The largest absolute Gasteiger partial charge is 0.398 e. The number of hydrogen-bond donors (Lipinski definition) is 1. The first kappa shape index (κ1) is 17.9. The quantitative estimate of drug-likeness (QED) is 0.818. The lowest BCUT2D eigenvalue weighted by atomic mass is 10.2. The molecule has 1 aliphatic heterocycles. The standard InChI is InChI=1S/C15H19F3N2O2S/c1-20(9-11-5-4-8-22-11)14(21)19-12-6-2-3-7-13(12)23-10-15(16,17)18/h2-3,6-7,11H,4-5,8-10H2,1H3,(H,19,21)/t11-/m1/s1. The van der Waals surface area contributed by atoms with E-state index in [1.165, 1.54) is 4.90 Å². The number of hydrogen-bond acceptors (Lipinski definition) is 3. The number of para-hydroxylation sites is 1. The van der Waals surface area contributed by atoms with E-state index < -0.39 is 11.9 Å². The number of urea groups is 1. The van der Waals surface area contributed by atoms with Crippen molar-refractivity contribution in [3.05, 3.63) is 24.3 Å². The first-order valence-corrected chi connectivity index (χ1v) is 8.26. The maximum atomic E-state index is 12.4. The minimum Gasteiger partial charge on any atom is -0.376 e. The zero-order valence-corrected chi connectivity index (χ0v) is 13.5. The average molecular weight is 348 g/mol. The summed E-state index contributed by atoms with van der Waals surface area (Å²) in [6.07, 6.45) is -2.33. The molecule has 1 fully saturated rings. The van der Waals surface area contributed by atoms with Crippen molar-refractivity contribution in [2.45, 2.75) is 30.0 Å². The van der Waals surface area contributed by atoms with Gasteiger partial charge < -0.3 is 15.0 Å². The topological polar surface area (TPSA) is 41.6 Å². The summed E-state index contributed by atoms with van der Waals surface area (Å²) in [5.74, 6) is -0.994. The van der Waals surface area contributed by atoms with Crippen LogP contribution in [0.15, 0.2) is 29.2 Å². The molecule has 23 heavy (non-hydrogen) atoms. The monoisotopic (exact) mass is 348 g/mol. The number of thioether (sulfide) groups is 1. The highest BCUT2D eigenvalue weighted by molar-refractivity contribution is 7.99. The molecule has 1 atom stereocenters. The van der Waals surface area contributed by atoms with E-state index in [9.17, 15) is 18.0 Å². The molecule has 4 nitrogen and oxygen atoms in total. The lowest BCUT2D eigenvalue weighted by molar-refractivity contribution is -0.105. The van der Waals surface area contributed by atoms with E-state index in [1.54, 1.807) is 31.3 Å². The Morgan fingerprint density at radius 3 is 2.83 bits per heavy atom. The summed E-state index contributed by atoms with van der Waals surface area (Å²) < 4.78 is 42.6. The van der Waals surface area contributed by atoms with Crippen LogP contribution >= 0.6 is 11.8 Å². The fourth-order valence-electron chi connectivity index (χ4n) is 2.24. The predicted molar refractivity (Wildman–Crippen MR) is 83.8 cm³/mol. The molecule has 128 valence electrons. The van der Waals surface area contributed by atoms with Crippen molar-refractivity contribution in [1.29, 1.82) is 0 Å². The molecule has 1 saturated heterocycles. The molecular formula is C15H19F3N2O2S. The third-order valence-corrected chi connectivity index (χ3v) is 4.51. The molecule has 0 saturated carbocycles. The SMILES string of the molecule is CN(C[C@H]1CCCO1)C(=O)Nc1ccccc1SCC(F)(F)F. The predicted octanol–water partition coefficient (Wildman–Crippen LogP) is 3.98. The molecule has 1 aromatic rings. The van der Waals surface area contributed by atoms with Crippen LogP contribution in [0.1, 0.15) is 12.8 Å². The van der Waals surface area contributed by atoms with Gasteiger partial charge in [0.15, 0.2) is 0 Å². The molecule has 1 heterocycles. The molecular weight excluding hydrogens is 329 g/mol. The van der Waals surface area contributed by atoms with Crippen molar-refractivity contribution in [2.75, 3.05) is 31.3 Å². The van der Waals surface area contributed by atoms with Gasteiger partial charge in [-0.1, -0.05) is 12.1 Å². The molecule has 0 bridgehead atoms. The van der Waals surface area contributed by atoms with Crippen LogP contribution in [0.3, 0.4) is 0 Å². The van der Waals surface area contributed by atoms with Crippen LogP contribution in [0.2, 0.25) is 0 Å². The van der Waals surface area contributed by atoms with Gasteiger partial charge in [-0.2, -0.15) is 13.2 Å². The Balaban J connectivity index is 1.94. The zero-order chi connectivity index (χ0) is 16.9. The molecule has 1 N–H and O–H groups in total. The van der Waals surface area contributed by atoms with Gasteiger partial charge >= 0.3 is 12.2 Å². The maximum Gasteiger partial charge on any atom is 0.398 e. The number of amides is 2. The number of anilines is 1. The van der Waals surface area contributed by atoms with Crippen molar-refractivity contribution in [1.82, 2.24) is 4.90 Å². The van der Waals surface area contributed by atoms with E-state index in [1.807, 2.05) is 0 Å². The van der Waals surface area contributed by atoms with Crippen LogP contribution < -0.4 is 5.32 Å². The molecule has 2 rings (SSSR count). The van der Waals surface area contributed by atoms with Gasteiger partial charge in [-0.15, -0.1) is 11.8 Å². The summed E-state index contributed by atoms with van der Waals surface area (Å²) in [6, 6.07) is 6.11. The van der Waals surface area contributed by atoms with Crippen LogP contribution in [0, 0.1) is 0 Å². The van der Waals surface area contributed by atoms with Crippen LogP contribution in [0.4, 0.5) is 23.7 Å². The first-order valence-electron chi connectivity index (χ1n) is 7.27. The number of carbonyl (C=O) groups excluding carboxylic acids is 1. The smallest absolute Gasteiger partial charge is 0.376 e. The van der Waals surface area contributed by atoms with Gasteiger partial charge in [0.1, 0.15) is 0 Å². The van der Waals surface area contributed by atoms with E-state index >= 15 is 0 Å². The molecule has 8 heteroatoms. The highest BCUT2D eigenvalue weighted by atomic mass is 32.2. The number of carbonyl (C=O) groups is 1. The number of nitrogens with zero attached hydrogens (tertiary/aromatic N) is 1. The lowest BCUT2D eigenvalue weighted by Crippen LogP contribution is -2.37. The summed E-state index contributed by atoms with van der Waals surface area (Å²) in [5.41, 5.74) is 0.381. The van der Waals surface area contributed by atoms with E-state index in [2.05, 4.69) is 5.32 Å². The molecule has 0 aliphatic carbocycles. The normalized spacial score (nSPS) is 18.0. The fourth-order valence-corrected chi connectivity index (χ4v) is 3.01. The lowest BCUT2D eigenvalue weighted by Gasteiger charge is -2.22. The van der Waals surface area contributed by atoms with E-state index in [0.29, 0.717) is 35.5 Å². The Labute approximate surface area is 137 Å². The maximum absolute atomic E-state index is 12.4. The van der Waals surface area contributed by atoms with E-state index in [4.69, 9.17) is 4.74 Å². The molecule has 1 aromatic carbocycles. The number of benzene rings is 1. The Morgan fingerprint density at radius 1 is 1.43 bits per heavy atom. The van der Waals surface area contributed by atoms with E-state index in [0.717, 1.165) is 12.8 Å². The number of alkyl halides is 3. The van der Waals surface area contributed by atoms with Gasteiger partial charge in [-0.25, -0.2) is 4.79 Å². The van der Waals surface area contributed by atoms with Crippen molar-refractivity contribution < 1.29 is 22.7 Å². The fraction of sp³-hybridized carbons (Fsp3) is 0.533. The average Bonchev–Trinajstić information content (AvgIpc) is 2.98. The van der Waals surface area contributed by atoms with Gasteiger partial charge in [0.25, 0.3) is 0 Å². The number of rotatable bonds is 5. The third-order valence-electron chi connectivity index (χ3n) is 3.37. The van der Waals surface area contributed by atoms with Crippen molar-refractivity contribution in [3.63, 3.8) is 0 Å². The first-order chi connectivity index (χ1) is 10.8. The van der Waals surface area contributed by atoms with Gasteiger partial charge in [-0.05, 0) is 25.0 Å². The molecule has 0 radical (unpaired) electrons. The Hall–Kier alpha value is -1.41. The van der Waals surface area contributed by atoms with Crippen LogP contribution in [0.25, 0.3) is 0 Å². The van der Waals surface area contributed by atoms with Crippen molar-refractivity contribution >= 4 is 23.5 Å². The second-order valence-corrected chi connectivity index (χ2v) is 6.36. The second-order valence-electron chi connectivity index (χ2n) is 5.35. The molecule has 0 aromatic heterocycles. The number of likely N-dealkylation sites (N-methyl/N-ethyl adjacent to an activating group) is 1. The molecule has 1 aliphatic rings. The minimum absolute atomic E-state index is 0.0283. The number of halogens is 3. The van der Waals surface area contributed by atoms with Crippen LogP contribution in [-0.2, 0) is 4.74 Å². The van der Waals surface area contributed by atoms with Gasteiger partial charge in [0.05, 0.1) is 17.5 Å². The minimum atomic E-state index is -4.25. The van der Waals surface area contributed by atoms with Gasteiger partial charge in [0, 0.05) is 25.1 Å². The summed E-state index contributed by atoms with van der Waals surface area (Å²) in [4.78, 5) is 14.1. The molecule has 0 unspecified atom stereocenters. The molecule has 0 spiro atoms. The van der Waals surface area contributed by atoms with E-state index in [-0.39, 0.29) is 12.1 Å². The highest BCUT2D eigenvalue weighted by Crippen LogP contribution is 2.32. The third kappa shape index (κ3) is 5.95. The molecule has 2 amide bonds. The Bertz CT molecular complexity index is 534. The number of nitrogens with one attached hydrogen (secondary N) is 1. The van der Waals surface area contributed by atoms with Gasteiger partial charge in [0.2, 0.25) is 0 Å². The summed E-state index contributed by atoms with van der Waals surface area (Å²) in [7, 11) is 1.64. The zero-order valence-electron chi connectivity index (χ0n) is 12.7. The Morgan fingerprint density at radius 2 is 2.17 bits per heavy atom. The van der Waals surface area contributed by atoms with Crippen molar-refractivity contribution in [3.8, 4) is 0 Å². The van der Waals surface area contributed by atoms with Gasteiger partial charge in [-0.3, -0.25) is 0 Å². The van der Waals surface area contributed by atoms with Crippen LogP contribution in [-0.4, -0.2) is 49.2 Å². The summed E-state index contributed by atoms with van der Waals surface area (Å²) in [6.45, 7) is 1.17. The highest BCUT2D eigenvalue weighted by Gasteiger charge is 2.28. The summed E-state index contributed by atoms with van der Waals surface area (Å²) in [5, 5.41) is 2.66. The second kappa shape index (κ2) is 7.92. The van der Waals surface area contributed by atoms with Crippen LogP contribution in [0.5, 0.6) is 0 Å².